The molecular weight excluding hydrogens is 410 g/mol. The molecule has 2 amide bonds. The van der Waals surface area contributed by atoms with Crippen LogP contribution in [0.25, 0.3) is 0 Å². The van der Waals surface area contributed by atoms with Gasteiger partial charge in [0, 0.05) is 18.8 Å². The molecule has 0 radical (unpaired) electrons. The van der Waals surface area contributed by atoms with E-state index in [-0.39, 0.29) is 17.4 Å². The normalized spacial score (nSPS) is 35.3. The van der Waals surface area contributed by atoms with Crippen LogP contribution in [0.4, 0.5) is 5.69 Å². The maximum absolute atomic E-state index is 13.8. The SMILES string of the molecule is O=C(Nc1ccc(CCN2CCCC2)cc1)C1CCCN1C(=O)C12CC3CC(CC(C3)C1)C2. The van der Waals surface area contributed by atoms with Gasteiger partial charge in [0.15, 0.2) is 0 Å². The molecule has 1 unspecified atom stereocenters. The quantitative estimate of drug-likeness (QED) is 0.697. The predicted molar refractivity (Wildman–Crippen MR) is 130 cm³/mol. The minimum atomic E-state index is -0.305. The fourth-order valence-electron chi connectivity index (χ4n) is 8.23. The maximum Gasteiger partial charge on any atom is 0.247 e. The van der Waals surface area contributed by atoms with Crippen molar-refractivity contribution in [1.82, 2.24) is 9.80 Å². The highest BCUT2D eigenvalue weighted by atomic mass is 16.2. The summed E-state index contributed by atoms with van der Waals surface area (Å²) in [6, 6.07) is 8.02. The lowest BCUT2D eigenvalue weighted by atomic mass is 9.49. The molecule has 7 rings (SSSR count). The van der Waals surface area contributed by atoms with E-state index in [0.29, 0.717) is 5.91 Å². The van der Waals surface area contributed by atoms with Gasteiger partial charge in [-0.3, -0.25) is 9.59 Å². The number of carbonyl (C=O) groups excluding carboxylic acids is 2. The van der Waals surface area contributed by atoms with Gasteiger partial charge in [-0.05, 0) is 119 Å². The Labute approximate surface area is 198 Å². The van der Waals surface area contributed by atoms with Crippen LogP contribution in [0.3, 0.4) is 0 Å². The Bertz CT molecular complexity index is 854. The third kappa shape index (κ3) is 4.22. The lowest BCUT2D eigenvalue weighted by Gasteiger charge is -2.56. The molecule has 1 aromatic carbocycles. The summed E-state index contributed by atoms with van der Waals surface area (Å²) in [6.45, 7) is 4.32. The fraction of sp³-hybridized carbons (Fsp3) is 0.714. The Morgan fingerprint density at radius 2 is 1.52 bits per heavy atom. The number of anilines is 1. The van der Waals surface area contributed by atoms with Gasteiger partial charge in [-0.15, -0.1) is 0 Å². The van der Waals surface area contributed by atoms with E-state index in [0.717, 1.165) is 75.1 Å². The molecule has 2 heterocycles. The Balaban J connectivity index is 1.08. The highest BCUT2D eigenvalue weighted by Gasteiger charge is 2.56. The smallest absolute Gasteiger partial charge is 0.247 e. The van der Waals surface area contributed by atoms with Crippen molar-refractivity contribution < 1.29 is 9.59 Å². The summed E-state index contributed by atoms with van der Waals surface area (Å²) >= 11 is 0. The molecule has 6 fully saturated rings. The van der Waals surface area contributed by atoms with Crippen LogP contribution in [0.1, 0.15) is 69.8 Å². The zero-order valence-electron chi connectivity index (χ0n) is 19.9. The molecule has 5 heteroatoms. The number of rotatable bonds is 6. The third-order valence-electron chi connectivity index (χ3n) is 9.45. The number of nitrogens with zero attached hydrogens (tertiary/aromatic N) is 2. The van der Waals surface area contributed by atoms with Crippen molar-refractivity contribution in [2.45, 2.75) is 76.7 Å². The highest BCUT2D eigenvalue weighted by Crippen LogP contribution is 2.60. The van der Waals surface area contributed by atoms with Crippen LogP contribution in [0.2, 0.25) is 0 Å². The zero-order chi connectivity index (χ0) is 22.4. The first-order valence-electron chi connectivity index (χ1n) is 13.5. The van der Waals surface area contributed by atoms with Crippen molar-refractivity contribution in [2.24, 2.45) is 23.2 Å². The van der Waals surface area contributed by atoms with E-state index in [9.17, 15) is 9.59 Å². The first-order chi connectivity index (χ1) is 16.1. The number of amides is 2. The number of likely N-dealkylation sites (tertiary alicyclic amines) is 2. The molecule has 1 aromatic rings. The molecule has 33 heavy (non-hydrogen) atoms. The minimum Gasteiger partial charge on any atom is -0.330 e. The predicted octanol–water partition coefficient (Wildman–Crippen LogP) is 4.47. The van der Waals surface area contributed by atoms with E-state index in [2.05, 4.69) is 22.3 Å². The summed E-state index contributed by atoms with van der Waals surface area (Å²) in [5.74, 6) is 2.55. The first-order valence-corrected chi connectivity index (χ1v) is 13.5. The molecule has 0 aromatic heterocycles. The van der Waals surface area contributed by atoms with Crippen LogP contribution < -0.4 is 5.32 Å². The summed E-state index contributed by atoms with van der Waals surface area (Å²) in [7, 11) is 0. The van der Waals surface area contributed by atoms with Gasteiger partial charge in [0.1, 0.15) is 6.04 Å². The van der Waals surface area contributed by atoms with Gasteiger partial charge < -0.3 is 15.1 Å². The van der Waals surface area contributed by atoms with Crippen LogP contribution >= 0.6 is 0 Å². The molecule has 0 spiro atoms. The van der Waals surface area contributed by atoms with Crippen LogP contribution in [-0.4, -0.2) is 53.8 Å². The maximum atomic E-state index is 13.8. The Morgan fingerprint density at radius 3 is 2.15 bits per heavy atom. The number of nitrogens with one attached hydrogen (secondary N) is 1. The summed E-state index contributed by atoms with van der Waals surface area (Å²) in [4.78, 5) is 31.6. The molecule has 2 saturated heterocycles. The van der Waals surface area contributed by atoms with E-state index in [1.54, 1.807) is 0 Å². The van der Waals surface area contributed by atoms with Crippen molar-refractivity contribution >= 4 is 17.5 Å². The molecule has 6 aliphatic rings. The van der Waals surface area contributed by atoms with Crippen molar-refractivity contribution in [3.8, 4) is 0 Å². The minimum absolute atomic E-state index is 0.00426. The highest BCUT2D eigenvalue weighted by molar-refractivity contribution is 5.98. The Morgan fingerprint density at radius 1 is 0.879 bits per heavy atom. The van der Waals surface area contributed by atoms with Crippen LogP contribution in [0.15, 0.2) is 24.3 Å². The van der Waals surface area contributed by atoms with E-state index in [4.69, 9.17) is 0 Å². The van der Waals surface area contributed by atoms with Gasteiger partial charge in [-0.2, -0.15) is 0 Å². The third-order valence-corrected chi connectivity index (χ3v) is 9.45. The second-order valence-electron chi connectivity index (χ2n) is 11.8. The molecule has 4 bridgehead atoms. The number of carbonyl (C=O) groups is 2. The largest absolute Gasteiger partial charge is 0.330 e. The molecule has 178 valence electrons. The molecule has 1 atom stereocenters. The number of benzene rings is 1. The van der Waals surface area contributed by atoms with E-state index in [1.165, 1.54) is 50.8 Å². The molecule has 1 N–H and O–H groups in total. The average Bonchev–Trinajstić information content (AvgIpc) is 3.49. The number of hydrogen-bond donors (Lipinski definition) is 1. The van der Waals surface area contributed by atoms with Gasteiger partial charge in [0.25, 0.3) is 0 Å². The first kappa shape index (κ1) is 21.6. The van der Waals surface area contributed by atoms with Crippen molar-refractivity contribution in [3.05, 3.63) is 29.8 Å². The van der Waals surface area contributed by atoms with Crippen LogP contribution in [0, 0.1) is 23.2 Å². The van der Waals surface area contributed by atoms with Gasteiger partial charge in [0.2, 0.25) is 11.8 Å². The Hall–Kier alpha value is -1.88. The van der Waals surface area contributed by atoms with E-state index < -0.39 is 0 Å². The second kappa shape index (κ2) is 8.72. The van der Waals surface area contributed by atoms with Gasteiger partial charge in [-0.1, -0.05) is 12.1 Å². The van der Waals surface area contributed by atoms with E-state index in [1.807, 2.05) is 17.0 Å². The van der Waals surface area contributed by atoms with Gasteiger partial charge in [0.05, 0.1) is 5.41 Å². The summed E-state index contributed by atoms with van der Waals surface area (Å²) < 4.78 is 0. The van der Waals surface area contributed by atoms with Gasteiger partial charge >= 0.3 is 0 Å². The van der Waals surface area contributed by atoms with Crippen molar-refractivity contribution in [3.63, 3.8) is 0 Å². The van der Waals surface area contributed by atoms with Crippen molar-refractivity contribution in [1.29, 1.82) is 0 Å². The molecule has 4 saturated carbocycles. The monoisotopic (exact) mass is 449 g/mol. The molecule has 2 aliphatic heterocycles. The average molecular weight is 450 g/mol. The summed E-state index contributed by atoms with van der Waals surface area (Å²) in [6.07, 6.45) is 12.7. The second-order valence-corrected chi connectivity index (χ2v) is 11.8. The topological polar surface area (TPSA) is 52.7 Å². The molecule has 5 nitrogen and oxygen atoms in total. The zero-order valence-corrected chi connectivity index (χ0v) is 19.9. The van der Waals surface area contributed by atoms with Crippen molar-refractivity contribution in [2.75, 3.05) is 31.5 Å². The van der Waals surface area contributed by atoms with Gasteiger partial charge in [-0.25, -0.2) is 0 Å². The lowest BCUT2D eigenvalue weighted by molar-refractivity contribution is -0.160. The molecule has 4 aliphatic carbocycles. The fourth-order valence-corrected chi connectivity index (χ4v) is 8.23. The number of hydrogen-bond acceptors (Lipinski definition) is 3. The van der Waals surface area contributed by atoms with Crippen LogP contribution in [-0.2, 0) is 16.0 Å². The van der Waals surface area contributed by atoms with Crippen LogP contribution in [0.5, 0.6) is 0 Å². The lowest BCUT2D eigenvalue weighted by Crippen LogP contribution is -2.56. The van der Waals surface area contributed by atoms with E-state index >= 15 is 0 Å². The standard InChI is InChI=1S/C28H39N3O2/c32-26(29-24-7-5-20(6-8-24)9-13-30-10-1-2-11-30)25-4-3-12-31(25)27(33)28-17-21-14-22(18-28)16-23(15-21)19-28/h5-8,21-23,25H,1-4,9-19H2,(H,29,32). The Kier molecular flexibility index (Phi) is 5.72. The summed E-state index contributed by atoms with van der Waals surface area (Å²) in [5, 5.41) is 3.12. The molecular formula is C28H39N3O2. The summed E-state index contributed by atoms with van der Waals surface area (Å²) in [5.41, 5.74) is 2.01.